The van der Waals surface area contributed by atoms with Crippen LogP contribution in [0, 0.1) is 6.92 Å². The van der Waals surface area contributed by atoms with E-state index in [1.165, 1.54) is 25.3 Å². The Hall–Kier alpha value is -2.45. The number of carbonyl (C=O) groups excluding carboxylic acids is 1. The first-order valence-corrected chi connectivity index (χ1v) is 8.84. The Balaban J connectivity index is 2.47. The number of carbonyl (C=O) groups is 1. The normalized spacial score (nSPS) is 11.0. The van der Waals surface area contributed by atoms with Gasteiger partial charge in [0.05, 0.1) is 24.8 Å². The summed E-state index contributed by atoms with van der Waals surface area (Å²) < 4.78 is 37.3. The first-order valence-electron chi connectivity index (χ1n) is 6.98. The SMILES string of the molecule is COC(=O)c1cc(S(=O)(=O)Nc2cc(C)c(Cl)cc2OC)ccc1O. The second-order valence-corrected chi connectivity index (χ2v) is 7.17. The van der Waals surface area contributed by atoms with Gasteiger partial charge in [0.1, 0.15) is 17.1 Å². The summed E-state index contributed by atoms with van der Waals surface area (Å²) in [6, 6.07) is 6.31. The second-order valence-electron chi connectivity index (χ2n) is 5.08. The molecule has 0 heterocycles. The van der Waals surface area contributed by atoms with Gasteiger partial charge in [0.2, 0.25) is 0 Å². The Kier molecular flexibility index (Phi) is 5.44. The van der Waals surface area contributed by atoms with Gasteiger partial charge in [-0.3, -0.25) is 4.72 Å². The number of methoxy groups -OCH3 is 2. The Labute approximate surface area is 150 Å². The van der Waals surface area contributed by atoms with Crippen LogP contribution in [0.2, 0.25) is 5.02 Å². The zero-order valence-electron chi connectivity index (χ0n) is 13.7. The van der Waals surface area contributed by atoms with Gasteiger partial charge in [-0.15, -0.1) is 0 Å². The summed E-state index contributed by atoms with van der Waals surface area (Å²) in [4.78, 5) is 11.4. The molecule has 0 spiro atoms. The summed E-state index contributed by atoms with van der Waals surface area (Å²) in [5.41, 5.74) is 0.586. The summed E-state index contributed by atoms with van der Waals surface area (Å²) in [5, 5.41) is 10.1. The highest BCUT2D eigenvalue weighted by Crippen LogP contribution is 2.33. The molecule has 0 aliphatic rings. The van der Waals surface area contributed by atoms with E-state index in [0.29, 0.717) is 10.6 Å². The van der Waals surface area contributed by atoms with Crippen molar-refractivity contribution in [2.24, 2.45) is 0 Å². The smallest absolute Gasteiger partial charge is 0.341 e. The topological polar surface area (TPSA) is 102 Å². The Morgan fingerprint density at radius 2 is 1.88 bits per heavy atom. The molecule has 0 unspecified atom stereocenters. The molecule has 0 bridgehead atoms. The van der Waals surface area contributed by atoms with E-state index in [1.807, 2.05) is 0 Å². The third kappa shape index (κ3) is 3.97. The van der Waals surface area contributed by atoms with E-state index < -0.39 is 16.0 Å². The molecule has 0 amide bonds. The number of benzene rings is 2. The van der Waals surface area contributed by atoms with Crippen molar-refractivity contribution in [1.29, 1.82) is 0 Å². The van der Waals surface area contributed by atoms with Crippen LogP contribution in [0.3, 0.4) is 0 Å². The standard InChI is InChI=1S/C16H16ClNO6S/c1-9-6-13(15(23-2)8-12(9)17)18-25(21,22)10-4-5-14(19)11(7-10)16(20)24-3/h4-8,18-19H,1-3H3. The molecular formula is C16H16ClNO6S. The van der Waals surface area contributed by atoms with Crippen LogP contribution in [0.25, 0.3) is 0 Å². The number of ether oxygens (including phenoxy) is 2. The van der Waals surface area contributed by atoms with E-state index in [2.05, 4.69) is 9.46 Å². The number of anilines is 1. The number of phenolic OH excluding ortho intramolecular Hbond substituents is 1. The molecule has 0 aromatic heterocycles. The molecule has 2 N–H and O–H groups in total. The molecule has 7 nitrogen and oxygen atoms in total. The van der Waals surface area contributed by atoms with E-state index >= 15 is 0 Å². The van der Waals surface area contributed by atoms with Crippen LogP contribution < -0.4 is 9.46 Å². The summed E-state index contributed by atoms with van der Waals surface area (Å²) in [7, 11) is -1.54. The van der Waals surface area contributed by atoms with Gasteiger partial charge in [0.15, 0.2) is 0 Å². The van der Waals surface area contributed by atoms with Crippen molar-refractivity contribution in [3.8, 4) is 11.5 Å². The fraction of sp³-hybridized carbons (Fsp3) is 0.188. The van der Waals surface area contributed by atoms with Crippen LogP contribution in [-0.4, -0.2) is 33.7 Å². The molecule has 2 aromatic rings. The van der Waals surface area contributed by atoms with Crippen molar-refractivity contribution < 1.29 is 27.8 Å². The van der Waals surface area contributed by atoms with Gasteiger partial charge in [0.25, 0.3) is 10.0 Å². The van der Waals surface area contributed by atoms with Gasteiger partial charge in [-0.25, -0.2) is 13.2 Å². The number of aryl methyl sites for hydroxylation is 1. The monoisotopic (exact) mass is 385 g/mol. The average Bonchev–Trinajstić information content (AvgIpc) is 2.57. The predicted octanol–water partition coefficient (Wildman–Crippen LogP) is 2.95. The maximum absolute atomic E-state index is 12.6. The maximum atomic E-state index is 12.6. The Bertz CT molecular complexity index is 926. The van der Waals surface area contributed by atoms with Gasteiger partial charge in [-0.2, -0.15) is 0 Å². The number of halogens is 1. The highest BCUT2D eigenvalue weighted by molar-refractivity contribution is 7.92. The molecule has 25 heavy (non-hydrogen) atoms. The van der Waals surface area contributed by atoms with Gasteiger partial charge in [-0.05, 0) is 36.8 Å². The third-order valence-corrected chi connectivity index (χ3v) is 5.18. The van der Waals surface area contributed by atoms with Crippen LogP contribution in [0.5, 0.6) is 11.5 Å². The lowest BCUT2D eigenvalue weighted by atomic mass is 10.2. The maximum Gasteiger partial charge on any atom is 0.341 e. The molecule has 2 rings (SSSR count). The number of sulfonamides is 1. The molecule has 0 fully saturated rings. The summed E-state index contributed by atoms with van der Waals surface area (Å²) in [5.74, 6) is -0.994. The molecule has 0 atom stereocenters. The Morgan fingerprint density at radius 1 is 1.20 bits per heavy atom. The van der Waals surface area contributed by atoms with Crippen LogP contribution in [0.4, 0.5) is 5.69 Å². The number of rotatable bonds is 5. The lowest BCUT2D eigenvalue weighted by molar-refractivity contribution is 0.0597. The number of hydrogen-bond donors (Lipinski definition) is 2. The van der Waals surface area contributed by atoms with E-state index in [1.54, 1.807) is 6.92 Å². The van der Waals surface area contributed by atoms with Gasteiger partial charge in [0, 0.05) is 11.1 Å². The van der Waals surface area contributed by atoms with E-state index in [4.69, 9.17) is 16.3 Å². The lowest BCUT2D eigenvalue weighted by Gasteiger charge is -2.14. The van der Waals surface area contributed by atoms with Crippen molar-refractivity contribution in [3.05, 3.63) is 46.5 Å². The fourth-order valence-electron chi connectivity index (χ4n) is 2.07. The average molecular weight is 386 g/mol. The minimum atomic E-state index is -4.05. The zero-order chi connectivity index (χ0) is 18.8. The number of phenols is 1. The van der Waals surface area contributed by atoms with E-state index in [0.717, 1.165) is 19.2 Å². The number of esters is 1. The highest BCUT2D eigenvalue weighted by Gasteiger charge is 2.21. The summed E-state index contributed by atoms with van der Waals surface area (Å²) in [6.07, 6.45) is 0. The zero-order valence-corrected chi connectivity index (χ0v) is 15.2. The highest BCUT2D eigenvalue weighted by atomic mass is 35.5. The van der Waals surface area contributed by atoms with Crippen molar-refractivity contribution in [2.45, 2.75) is 11.8 Å². The third-order valence-electron chi connectivity index (χ3n) is 3.41. The first-order chi connectivity index (χ1) is 11.7. The quantitative estimate of drug-likeness (QED) is 0.767. The lowest BCUT2D eigenvalue weighted by Crippen LogP contribution is -2.15. The minimum Gasteiger partial charge on any atom is -0.507 e. The molecule has 2 aromatic carbocycles. The molecule has 0 aliphatic heterocycles. The van der Waals surface area contributed by atoms with Crippen LogP contribution in [0.1, 0.15) is 15.9 Å². The van der Waals surface area contributed by atoms with Gasteiger partial charge >= 0.3 is 5.97 Å². The van der Waals surface area contributed by atoms with Crippen molar-refractivity contribution in [3.63, 3.8) is 0 Å². The predicted molar refractivity (Wildman–Crippen MR) is 93.0 cm³/mol. The number of aromatic hydroxyl groups is 1. The summed E-state index contributed by atoms with van der Waals surface area (Å²) >= 11 is 6.01. The van der Waals surface area contributed by atoms with Gasteiger partial charge in [-0.1, -0.05) is 11.6 Å². The molecule has 134 valence electrons. The first kappa shape index (κ1) is 18.9. The molecule has 0 saturated carbocycles. The van der Waals surface area contributed by atoms with E-state index in [-0.39, 0.29) is 27.6 Å². The number of nitrogens with one attached hydrogen (secondary N) is 1. The van der Waals surface area contributed by atoms with Crippen LogP contribution in [0.15, 0.2) is 35.2 Å². The van der Waals surface area contributed by atoms with Crippen molar-refractivity contribution in [2.75, 3.05) is 18.9 Å². The molecule has 9 heteroatoms. The van der Waals surface area contributed by atoms with Crippen molar-refractivity contribution >= 4 is 33.3 Å². The second kappa shape index (κ2) is 7.20. The number of hydrogen-bond acceptors (Lipinski definition) is 6. The van der Waals surface area contributed by atoms with E-state index in [9.17, 15) is 18.3 Å². The molecule has 0 aliphatic carbocycles. The summed E-state index contributed by atoms with van der Waals surface area (Å²) in [6.45, 7) is 1.72. The fourth-order valence-corrected chi connectivity index (χ4v) is 3.31. The molecule has 0 saturated heterocycles. The van der Waals surface area contributed by atoms with Crippen LogP contribution in [-0.2, 0) is 14.8 Å². The molecular weight excluding hydrogens is 370 g/mol. The van der Waals surface area contributed by atoms with Crippen molar-refractivity contribution in [1.82, 2.24) is 0 Å². The minimum absolute atomic E-state index is 0.192. The van der Waals surface area contributed by atoms with Gasteiger partial charge < -0.3 is 14.6 Å². The Morgan fingerprint density at radius 3 is 2.48 bits per heavy atom. The molecule has 0 radical (unpaired) electrons. The largest absolute Gasteiger partial charge is 0.507 e. The van der Waals surface area contributed by atoms with Crippen LogP contribution >= 0.6 is 11.6 Å².